The molecule has 2 aromatic rings. The number of carbonyl (C=O) groups is 2. The second kappa shape index (κ2) is 9.16. The third kappa shape index (κ3) is 4.67. The van der Waals surface area contributed by atoms with Crippen LogP contribution in [0.1, 0.15) is 41.5 Å². The predicted octanol–water partition coefficient (Wildman–Crippen LogP) is 2.93. The van der Waals surface area contributed by atoms with Gasteiger partial charge in [0.05, 0.1) is 5.69 Å². The van der Waals surface area contributed by atoms with E-state index in [4.69, 9.17) is 4.98 Å². The summed E-state index contributed by atoms with van der Waals surface area (Å²) in [6, 6.07) is 8.28. The maximum atomic E-state index is 12.7. The van der Waals surface area contributed by atoms with Crippen LogP contribution in [0, 0.1) is 12.8 Å². The molecule has 1 aliphatic carbocycles. The van der Waals surface area contributed by atoms with E-state index in [2.05, 4.69) is 41.4 Å². The summed E-state index contributed by atoms with van der Waals surface area (Å²) in [6.45, 7) is 7.75. The molecule has 1 N–H and O–H groups in total. The lowest BCUT2D eigenvalue weighted by Crippen LogP contribution is -2.48. The zero-order valence-corrected chi connectivity index (χ0v) is 18.6. The average molecular weight is 427 g/mol. The number of piperazine rings is 1. The molecule has 0 bridgehead atoms. The van der Waals surface area contributed by atoms with Gasteiger partial charge in [-0.3, -0.25) is 9.59 Å². The third-order valence-electron chi connectivity index (χ3n) is 6.09. The van der Waals surface area contributed by atoms with E-state index in [1.807, 2.05) is 11.8 Å². The van der Waals surface area contributed by atoms with Crippen molar-refractivity contribution >= 4 is 28.3 Å². The molecule has 30 heavy (non-hydrogen) atoms. The maximum Gasteiger partial charge on any atom is 0.223 e. The van der Waals surface area contributed by atoms with Crippen molar-refractivity contribution in [2.75, 3.05) is 31.1 Å². The first kappa shape index (κ1) is 20.8. The molecule has 1 aromatic heterocycles. The molecule has 1 atom stereocenters. The van der Waals surface area contributed by atoms with Gasteiger partial charge < -0.3 is 15.1 Å². The van der Waals surface area contributed by atoms with Gasteiger partial charge >= 0.3 is 0 Å². The summed E-state index contributed by atoms with van der Waals surface area (Å²) in [5.41, 5.74) is 3.51. The fourth-order valence-corrected chi connectivity index (χ4v) is 5.37. The summed E-state index contributed by atoms with van der Waals surface area (Å²) in [5, 5.41) is 4.15. The van der Waals surface area contributed by atoms with E-state index in [9.17, 15) is 9.59 Å². The van der Waals surface area contributed by atoms with Gasteiger partial charge in [-0.1, -0.05) is 36.8 Å². The summed E-state index contributed by atoms with van der Waals surface area (Å²) in [5.74, 6) is 0.394. The Morgan fingerprint density at radius 3 is 2.60 bits per heavy atom. The molecule has 0 spiro atoms. The quantitative estimate of drug-likeness (QED) is 0.798. The van der Waals surface area contributed by atoms with Crippen molar-refractivity contribution in [2.45, 2.75) is 46.1 Å². The van der Waals surface area contributed by atoms with Crippen LogP contribution in [0.3, 0.4) is 0 Å². The summed E-state index contributed by atoms with van der Waals surface area (Å²) >= 11 is 1.73. The number of anilines is 1. The summed E-state index contributed by atoms with van der Waals surface area (Å²) in [7, 11) is 0. The zero-order chi connectivity index (χ0) is 21.1. The molecule has 160 valence electrons. The lowest BCUT2D eigenvalue weighted by molar-refractivity contribution is -0.131. The molecule has 1 fully saturated rings. The lowest BCUT2D eigenvalue weighted by atomic mass is 9.90. The number of aromatic nitrogens is 1. The van der Waals surface area contributed by atoms with Gasteiger partial charge in [0.15, 0.2) is 5.13 Å². The number of fused-ring (bicyclic) bond motifs is 1. The number of hydrogen-bond acceptors (Lipinski definition) is 5. The lowest BCUT2D eigenvalue weighted by Gasteiger charge is -2.34. The largest absolute Gasteiger partial charge is 0.352 e. The molecular weight excluding hydrogens is 396 g/mol. The third-order valence-corrected chi connectivity index (χ3v) is 7.27. The van der Waals surface area contributed by atoms with Crippen molar-refractivity contribution in [1.29, 1.82) is 0 Å². The van der Waals surface area contributed by atoms with Crippen LogP contribution in [0.25, 0.3) is 0 Å². The first-order chi connectivity index (χ1) is 14.5. The first-order valence-corrected chi connectivity index (χ1v) is 11.7. The number of carbonyl (C=O) groups excluding carboxylic acids is 2. The van der Waals surface area contributed by atoms with Crippen molar-refractivity contribution in [3.8, 4) is 0 Å². The molecule has 6 nitrogen and oxygen atoms in total. The van der Waals surface area contributed by atoms with Gasteiger partial charge in [0.25, 0.3) is 0 Å². The van der Waals surface area contributed by atoms with Gasteiger partial charge in [-0.25, -0.2) is 4.98 Å². The monoisotopic (exact) mass is 426 g/mol. The summed E-state index contributed by atoms with van der Waals surface area (Å²) in [6.07, 6.45) is 3.07. The average Bonchev–Trinajstić information content (AvgIpc) is 3.21. The molecule has 2 amide bonds. The van der Waals surface area contributed by atoms with Gasteiger partial charge in [-0.2, -0.15) is 0 Å². The van der Waals surface area contributed by atoms with Crippen LogP contribution in [0.4, 0.5) is 5.13 Å². The Bertz CT molecular complexity index is 900. The van der Waals surface area contributed by atoms with Gasteiger partial charge in [-0.05, 0) is 31.7 Å². The van der Waals surface area contributed by atoms with Gasteiger partial charge in [0.2, 0.25) is 11.8 Å². The topological polar surface area (TPSA) is 65.5 Å². The number of nitrogens with one attached hydrogen (secondary N) is 1. The molecule has 0 saturated carbocycles. The SMILES string of the molecule is CCC(=O)N1CCN(c2nc3c(s2)C[C@@H](C(=O)NCc2ccc(C)cc2)CC3)CC1. The molecular formula is C23H30N4O2S. The molecule has 0 radical (unpaired) electrons. The minimum Gasteiger partial charge on any atom is -0.352 e. The van der Waals surface area contributed by atoms with E-state index in [0.717, 1.165) is 61.8 Å². The molecule has 0 unspecified atom stereocenters. The Hall–Kier alpha value is -2.41. The van der Waals surface area contributed by atoms with Crippen molar-refractivity contribution in [3.63, 3.8) is 0 Å². The Morgan fingerprint density at radius 2 is 1.90 bits per heavy atom. The maximum absolute atomic E-state index is 12.7. The van der Waals surface area contributed by atoms with E-state index in [-0.39, 0.29) is 17.7 Å². The van der Waals surface area contributed by atoms with Crippen molar-refractivity contribution < 1.29 is 9.59 Å². The number of aryl methyl sites for hydroxylation is 2. The van der Waals surface area contributed by atoms with E-state index in [0.29, 0.717) is 13.0 Å². The second-order valence-corrected chi connectivity index (χ2v) is 9.29. The Labute approximate surface area is 182 Å². The van der Waals surface area contributed by atoms with E-state index >= 15 is 0 Å². The van der Waals surface area contributed by atoms with Crippen LogP contribution >= 0.6 is 11.3 Å². The molecule has 4 rings (SSSR count). The summed E-state index contributed by atoms with van der Waals surface area (Å²) in [4.78, 5) is 34.9. The highest BCUT2D eigenvalue weighted by molar-refractivity contribution is 7.15. The fraction of sp³-hybridized carbons (Fsp3) is 0.522. The minimum atomic E-state index is 0.0234. The normalized spacial score (nSPS) is 18.8. The molecule has 7 heteroatoms. The molecule has 1 saturated heterocycles. The van der Waals surface area contributed by atoms with Crippen LogP contribution in [-0.2, 0) is 29.0 Å². The Kier molecular flexibility index (Phi) is 6.37. The van der Waals surface area contributed by atoms with Crippen molar-refractivity contribution in [3.05, 3.63) is 46.0 Å². The molecule has 2 heterocycles. The summed E-state index contributed by atoms with van der Waals surface area (Å²) < 4.78 is 0. The highest BCUT2D eigenvalue weighted by Gasteiger charge is 2.29. The van der Waals surface area contributed by atoms with Crippen LogP contribution < -0.4 is 10.2 Å². The highest BCUT2D eigenvalue weighted by atomic mass is 32.1. The van der Waals surface area contributed by atoms with Crippen molar-refractivity contribution in [1.82, 2.24) is 15.2 Å². The number of thiazole rings is 1. The Morgan fingerprint density at radius 1 is 1.17 bits per heavy atom. The highest BCUT2D eigenvalue weighted by Crippen LogP contribution is 2.34. The minimum absolute atomic E-state index is 0.0234. The zero-order valence-electron chi connectivity index (χ0n) is 17.8. The number of amides is 2. The Balaban J connectivity index is 1.32. The number of benzene rings is 1. The van der Waals surface area contributed by atoms with Crippen LogP contribution in [0.2, 0.25) is 0 Å². The van der Waals surface area contributed by atoms with Gasteiger partial charge in [0.1, 0.15) is 0 Å². The number of hydrogen-bond donors (Lipinski definition) is 1. The molecule has 2 aliphatic rings. The van der Waals surface area contributed by atoms with Crippen LogP contribution in [0.5, 0.6) is 0 Å². The predicted molar refractivity (Wildman–Crippen MR) is 120 cm³/mol. The fourth-order valence-electron chi connectivity index (χ4n) is 4.13. The smallest absolute Gasteiger partial charge is 0.223 e. The number of rotatable bonds is 5. The van der Waals surface area contributed by atoms with Crippen molar-refractivity contribution in [2.24, 2.45) is 5.92 Å². The van der Waals surface area contributed by atoms with E-state index in [1.54, 1.807) is 11.3 Å². The molecule has 1 aromatic carbocycles. The number of nitrogens with zero attached hydrogens (tertiary/aromatic N) is 3. The first-order valence-electron chi connectivity index (χ1n) is 10.9. The second-order valence-electron chi connectivity index (χ2n) is 8.23. The standard InChI is InChI=1S/C23H30N4O2S/c1-3-21(28)26-10-12-27(13-11-26)23-25-19-9-8-18(14-20(19)30-23)22(29)24-15-17-6-4-16(2)5-7-17/h4-7,18H,3,8-15H2,1-2H3,(H,24,29)/t18-/m0/s1. The van der Waals surface area contributed by atoms with Gasteiger partial charge in [0, 0.05) is 49.9 Å². The van der Waals surface area contributed by atoms with Gasteiger partial charge in [-0.15, -0.1) is 11.3 Å². The van der Waals surface area contributed by atoms with Crippen LogP contribution in [-0.4, -0.2) is 47.9 Å². The van der Waals surface area contributed by atoms with E-state index in [1.165, 1.54) is 10.4 Å². The van der Waals surface area contributed by atoms with Crippen LogP contribution in [0.15, 0.2) is 24.3 Å². The molecule has 1 aliphatic heterocycles. The van der Waals surface area contributed by atoms with E-state index < -0.39 is 0 Å².